The highest BCUT2D eigenvalue weighted by Gasteiger charge is 2.29. The lowest BCUT2D eigenvalue weighted by Crippen LogP contribution is -2.39. The minimum Gasteiger partial charge on any atom is -0.477 e. The second-order valence-corrected chi connectivity index (χ2v) is 12.5. The van der Waals surface area contributed by atoms with Crippen LogP contribution in [0.5, 0.6) is 23.3 Å². The van der Waals surface area contributed by atoms with Gasteiger partial charge in [-0.2, -0.15) is 0 Å². The van der Waals surface area contributed by atoms with E-state index in [1.807, 2.05) is 50.6 Å². The number of pyridine rings is 2. The summed E-state index contributed by atoms with van der Waals surface area (Å²) in [5.41, 5.74) is -0.289. The van der Waals surface area contributed by atoms with Crippen LogP contribution in [0.25, 0.3) is 0 Å². The lowest BCUT2D eigenvalue weighted by Gasteiger charge is -2.19. The molecule has 10 nitrogen and oxygen atoms in total. The SMILES string of the molecule is CSc1cccc(Oc2ncc(F)cc2C(=O)NC2CCN(C(=O)C(C)C)C2)c1.CSc1cccc(Oc2ncc(F)cc2C(=O)O)c1. The van der Waals surface area contributed by atoms with Gasteiger partial charge in [-0.15, -0.1) is 23.5 Å². The van der Waals surface area contributed by atoms with Gasteiger partial charge in [0.25, 0.3) is 5.91 Å². The van der Waals surface area contributed by atoms with Gasteiger partial charge in [-0.05, 0) is 67.5 Å². The zero-order valence-corrected chi connectivity index (χ0v) is 28.2. The van der Waals surface area contributed by atoms with Crippen molar-refractivity contribution in [3.05, 3.63) is 95.8 Å². The quantitative estimate of drug-likeness (QED) is 0.165. The molecule has 0 radical (unpaired) electrons. The molecule has 48 heavy (non-hydrogen) atoms. The summed E-state index contributed by atoms with van der Waals surface area (Å²) in [6.45, 7) is 4.73. The number of thioether (sulfide) groups is 2. The number of hydrogen-bond donors (Lipinski definition) is 2. The summed E-state index contributed by atoms with van der Waals surface area (Å²) in [6.07, 6.45) is 6.45. The van der Waals surface area contributed by atoms with E-state index in [4.69, 9.17) is 14.6 Å². The molecule has 5 rings (SSSR count). The molecule has 0 saturated carbocycles. The minimum atomic E-state index is -1.29. The number of aromatic nitrogens is 2. The molecule has 252 valence electrons. The van der Waals surface area contributed by atoms with E-state index in [1.54, 1.807) is 40.9 Å². The third-order valence-corrected chi connectivity index (χ3v) is 8.40. The summed E-state index contributed by atoms with van der Waals surface area (Å²) >= 11 is 3.09. The number of carbonyl (C=O) groups is 3. The number of carboxylic acid groups (broad SMARTS) is 1. The summed E-state index contributed by atoms with van der Waals surface area (Å²) in [4.78, 5) is 47.3. The smallest absolute Gasteiger partial charge is 0.341 e. The minimum absolute atomic E-state index is 0.0215. The van der Waals surface area contributed by atoms with Crippen LogP contribution in [0.1, 0.15) is 41.0 Å². The average Bonchev–Trinajstić information content (AvgIpc) is 3.54. The number of carbonyl (C=O) groups excluding carboxylic acids is 2. The van der Waals surface area contributed by atoms with Gasteiger partial charge in [0.05, 0.1) is 12.4 Å². The molecule has 14 heteroatoms. The number of halogens is 2. The van der Waals surface area contributed by atoms with Gasteiger partial charge in [-0.25, -0.2) is 23.5 Å². The van der Waals surface area contributed by atoms with Gasteiger partial charge in [0, 0.05) is 34.8 Å². The number of nitrogens with one attached hydrogen (secondary N) is 1. The van der Waals surface area contributed by atoms with E-state index in [-0.39, 0.29) is 40.8 Å². The number of nitrogens with zero attached hydrogens (tertiary/aromatic N) is 3. The van der Waals surface area contributed by atoms with Crippen LogP contribution in [-0.2, 0) is 4.79 Å². The zero-order valence-electron chi connectivity index (χ0n) is 26.6. The molecule has 0 aliphatic carbocycles. The summed E-state index contributed by atoms with van der Waals surface area (Å²) in [5, 5.41) is 11.8. The highest BCUT2D eigenvalue weighted by molar-refractivity contribution is 7.98. The van der Waals surface area contributed by atoms with Crippen LogP contribution in [-0.4, -0.2) is 69.4 Å². The number of hydrogen-bond acceptors (Lipinski definition) is 9. The van der Waals surface area contributed by atoms with Crippen molar-refractivity contribution in [1.82, 2.24) is 20.2 Å². The second-order valence-electron chi connectivity index (χ2n) is 10.8. The van der Waals surface area contributed by atoms with Crippen LogP contribution in [0, 0.1) is 17.6 Å². The molecule has 0 bridgehead atoms. The van der Waals surface area contributed by atoms with Gasteiger partial charge < -0.3 is 24.8 Å². The molecule has 2 amide bonds. The van der Waals surface area contributed by atoms with E-state index in [2.05, 4.69) is 15.3 Å². The Morgan fingerprint density at radius 1 is 0.875 bits per heavy atom. The topological polar surface area (TPSA) is 131 Å². The Kier molecular flexibility index (Phi) is 12.7. The second kappa shape index (κ2) is 16.9. The van der Waals surface area contributed by atoms with Crippen molar-refractivity contribution in [1.29, 1.82) is 0 Å². The van der Waals surface area contributed by atoms with Crippen molar-refractivity contribution < 1.29 is 37.7 Å². The molecule has 2 aromatic carbocycles. The maximum atomic E-state index is 13.8. The van der Waals surface area contributed by atoms with Crippen LogP contribution >= 0.6 is 23.5 Å². The zero-order chi connectivity index (χ0) is 34.8. The fraction of sp³-hybridized carbons (Fsp3) is 0.265. The Morgan fingerprint density at radius 2 is 1.40 bits per heavy atom. The summed E-state index contributed by atoms with van der Waals surface area (Å²) in [5.74, 6) is -2.26. The molecule has 1 aliphatic heterocycles. The predicted molar refractivity (Wildman–Crippen MR) is 179 cm³/mol. The monoisotopic (exact) mass is 696 g/mol. The van der Waals surface area contributed by atoms with Gasteiger partial charge in [0.15, 0.2) is 0 Å². The van der Waals surface area contributed by atoms with Crippen LogP contribution in [0.4, 0.5) is 8.78 Å². The highest BCUT2D eigenvalue weighted by atomic mass is 32.2. The van der Waals surface area contributed by atoms with Gasteiger partial charge in [-0.3, -0.25) is 9.59 Å². The van der Waals surface area contributed by atoms with Crippen molar-refractivity contribution in [3.63, 3.8) is 0 Å². The lowest BCUT2D eigenvalue weighted by molar-refractivity contribution is -0.133. The first-order valence-corrected chi connectivity index (χ1v) is 17.2. The molecule has 2 aromatic heterocycles. The molecule has 1 aliphatic rings. The lowest BCUT2D eigenvalue weighted by atomic mass is 10.2. The Labute approximate surface area is 285 Å². The van der Waals surface area contributed by atoms with Crippen LogP contribution in [0.3, 0.4) is 0 Å². The Morgan fingerprint density at radius 3 is 1.90 bits per heavy atom. The van der Waals surface area contributed by atoms with E-state index in [9.17, 15) is 23.2 Å². The van der Waals surface area contributed by atoms with Crippen LogP contribution in [0.15, 0.2) is 82.8 Å². The van der Waals surface area contributed by atoms with Gasteiger partial charge in [0.1, 0.15) is 34.3 Å². The molecule has 1 unspecified atom stereocenters. The summed E-state index contributed by atoms with van der Waals surface area (Å²) in [6, 6.07) is 16.3. The third-order valence-electron chi connectivity index (χ3n) is 6.95. The van der Waals surface area contributed by atoms with Crippen LogP contribution < -0.4 is 14.8 Å². The molecule has 1 saturated heterocycles. The third kappa shape index (κ3) is 9.91. The maximum Gasteiger partial charge on any atom is 0.341 e. The molecule has 2 N–H and O–H groups in total. The van der Waals surface area contributed by atoms with Crippen molar-refractivity contribution in [3.8, 4) is 23.3 Å². The molecule has 4 aromatic rings. The Balaban J connectivity index is 0.000000237. The first-order chi connectivity index (χ1) is 23.0. The van der Waals surface area contributed by atoms with E-state index in [0.29, 0.717) is 31.0 Å². The van der Waals surface area contributed by atoms with Crippen molar-refractivity contribution in [2.45, 2.75) is 36.1 Å². The number of aromatic carboxylic acids is 1. The number of carboxylic acids is 1. The number of ether oxygens (including phenoxy) is 2. The summed E-state index contributed by atoms with van der Waals surface area (Å²) in [7, 11) is 0. The van der Waals surface area contributed by atoms with Crippen molar-refractivity contribution >= 4 is 41.3 Å². The number of amides is 2. The first kappa shape index (κ1) is 36.2. The molecule has 1 atom stereocenters. The van der Waals surface area contributed by atoms with Crippen molar-refractivity contribution in [2.75, 3.05) is 25.6 Å². The van der Waals surface area contributed by atoms with Gasteiger partial charge >= 0.3 is 5.97 Å². The van der Waals surface area contributed by atoms with Crippen molar-refractivity contribution in [2.24, 2.45) is 5.92 Å². The Hall–Kier alpha value is -4.69. The Bertz CT molecular complexity index is 1780. The van der Waals surface area contributed by atoms with E-state index >= 15 is 0 Å². The summed E-state index contributed by atoms with van der Waals surface area (Å²) < 4.78 is 37.9. The van der Waals surface area contributed by atoms with Crippen LogP contribution in [0.2, 0.25) is 0 Å². The fourth-order valence-electron chi connectivity index (χ4n) is 4.59. The number of rotatable bonds is 10. The molecule has 3 heterocycles. The first-order valence-electron chi connectivity index (χ1n) is 14.7. The average molecular weight is 697 g/mol. The number of likely N-dealkylation sites (tertiary alicyclic amines) is 1. The van der Waals surface area contributed by atoms with Gasteiger partial charge in [-0.1, -0.05) is 26.0 Å². The fourth-order valence-corrected chi connectivity index (χ4v) is 5.49. The van der Waals surface area contributed by atoms with E-state index in [1.165, 1.54) is 11.8 Å². The highest BCUT2D eigenvalue weighted by Crippen LogP contribution is 2.29. The normalized spacial score (nSPS) is 13.8. The molecular formula is C34H34F2N4O6S2. The number of benzene rings is 2. The van der Waals surface area contributed by atoms with E-state index < -0.39 is 23.5 Å². The molecule has 1 fully saturated rings. The molecular weight excluding hydrogens is 663 g/mol. The standard InChI is InChI=1S/C21H24FN3O3S.C13H10FNO3S/c1-13(2)21(27)25-8-7-15(12-25)24-19(26)18-9-14(22)11-23-20(18)28-16-5-4-6-17(10-16)29-3;1-19-10-4-2-3-9(6-10)18-12-11(13(16)17)5-8(14)7-15-12/h4-6,9-11,13,15H,7-8,12H2,1-3H3,(H,24,26);2-7H,1H3,(H,16,17). The van der Waals surface area contributed by atoms with Gasteiger partial charge in [0.2, 0.25) is 17.7 Å². The maximum absolute atomic E-state index is 13.8. The molecule has 0 spiro atoms. The predicted octanol–water partition coefficient (Wildman–Crippen LogP) is 7.15. The largest absolute Gasteiger partial charge is 0.477 e. The van der Waals surface area contributed by atoms with E-state index in [0.717, 1.165) is 34.3 Å².